The maximum atomic E-state index is 11.3. The van der Waals surface area contributed by atoms with Crippen LogP contribution in [-0.4, -0.2) is 31.9 Å². The Kier molecular flexibility index (Phi) is 3.96. The van der Waals surface area contributed by atoms with Gasteiger partial charge in [0.15, 0.2) is 9.84 Å². The lowest BCUT2D eigenvalue weighted by Gasteiger charge is -2.08. The molecule has 1 fully saturated rings. The molecule has 1 heterocycles. The van der Waals surface area contributed by atoms with Gasteiger partial charge in [-0.1, -0.05) is 0 Å². The van der Waals surface area contributed by atoms with Gasteiger partial charge in [-0.3, -0.25) is 4.79 Å². The van der Waals surface area contributed by atoms with Crippen molar-refractivity contribution in [3.8, 4) is 10.8 Å². The van der Waals surface area contributed by atoms with Gasteiger partial charge in [0.1, 0.15) is 0 Å². The minimum atomic E-state index is -2.97. The fraction of sp³-hybridized carbons (Fsp3) is 0.625. The van der Waals surface area contributed by atoms with Gasteiger partial charge in [0, 0.05) is 28.4 Å². The molecule has 0 aliphatic carbocycles. The highest BCUT2D eigenvalue weighted by Gasteiger charge is 2.31. The molecular formula is C8H10BrNO3S. The predicted octanol–water partition coefficient (Wildman–Crippen LogP) is 0.0356. The molecule has 78 valence electrons. The molecule has 0 aromatic rings. The van der Waals surface area contributed by atoms with Crippen molar-refractivity contribution in [3.63, 3.8) is 0 Å². The molecule has 6 heteroatoms. The third-order valence-corrected chi connectivity index (χ3v) is 4.59. The van der Waals surface area contributed by atoms with Crippen LogP contribution in [0.2, 0.25) is 0 Å². The Morgan fingerprint density at radius 1 is 1.57 bits per heavy atom. The summed E-state index contributed by atoms with van der Waals surface area (Å²) in [5, 5.41) is 2.03. The topological polar surface area (TPSA) is 63.2 Å². The van der Waals surface area contributed by atoms with Crippen LogP contribution in [0.3, 0.4) is 0 Å². The maximum Gasteiger partial charge on any atom is 0.296 e. The number of carbonyl (C=O) groups excluding carboxylic acids is 1. The molecule has 0 saturated carbocycles. The van der Waals surface area contributed by atoms with Crippen molar-refractivity contribution in [2.75, 3.05) is 12.3 Å². The minimum Gasteiger partial charge on any atom is -0.344 e. The van der Waals surface area contributed by atoms with Crippen molar-refractivity contribution in [3.05, 3.63) is 0 Å². The standard InChI is InChI=1S/C8H10BrNO3S/c9-4-3-8(11)10-6-7-2-1-5-14(7,12)13/h7H,1-2,5-6H2,(H,10,11). The maximum absolute atomic E-state index is 11.3. The van der Waals surface area contributed by atoms with E-state index in [4.69, 9.17) is 0 Å². The summed E-state index contributed by atoms with van der Waals surface area (Å²) < 4.78 is 22.7. The van der Waals surface area contributed by atoms with Gasteiger partial charge in [0.05, 0.1) is 11.0 Å². The summed E-state index contributed by atoms with van der Waals surface area (Å²) in [5.74, 6) is 2.00. The lowest BCUT2D eigenvalue weighted by molar-refractivity contribution is -0.115. The monoisotopic (exact) mass is 279 g/mol. The lowest BCUT2D eigenvalue weighted by atomic mass is 10.2. The molecule has 1 N–H and O–H groups in total. The third-order valence-electron chi connectivity index (χ3n) is 2.11. The second kappa shape index (κ2) is 4.80. The van der Waals surface area contributed by atoms with E-state index in [-0.39, 0.29) is 12.3 Å². The van der Waals surface area contributed by atoms with Crippen molar-refractivity contribution in [1.82, 2.24) is 5.32 Å². The number of halogens is 1. The van der Waals surface area contributed by atoms with Gasteiger partial charge in [0.25, 0.3) is 5.91 Å². The summed E-state index contributed by atoms with van der Waals surface area (Å²) in [6, 6.07) is 0. The first-order chi connectivity index (χ1) is 6.56. The average Bonchev–Trinajstić information content (AvgIpc) is 2.42. The zero-order valence-corrected chi connectivity index (χ0v) is 9.82. The molecule has 0 spiro atoms. The van der Waals surface area contributed by atoms with E-state index in [1.165, 1.54) is 0 Å². The summed E-state index contributed by atoms with van der Waals surface area (Å²) in [6.45, 7) is 0.169. The summed E-state index contributed by atoms with van der Waals surface area (Å²) in [6.07, 6.45) is 1.32. The van der Waals surface area contributed by atoms with Crippen molar-refractivity contribution < 1.29 is 13.2 Å². The number of hydrogen-bond acceptors (Lipinski definition) is 3. The smallest absolute Gasteiger partial charge is 0.296 e. The molecule has 0 bridgehead atoms. The molecule has 1 aliphatic heterocycles. The first-order valence-corrected chi connectivity index (χ1v) is 6.68. The second-order valence-corrected chi connectivity index (χ2v) is 5.86. The van der Waals surface area contributed by atoms with Crippen molar-refractivity contribution in [2.24, 2.45) is 0 Å². The van der Waals surface area contributed by atoms with E-state index in [9.17, 15) is 13.2 Å². The van der Waals surface area contributed by atoms with E-state index >= 15 is 0 Å². The summed E-state index contributed by atoms with van der Waals surface area (Å²) in [5.41, 5.74) is 0. The van der Waals surface area contributed by atoms with E-state index in [0.717, 1.165) is 0 Å². The fourth-order valence-electron chi connectivity index (χ4n) is 1.38. The van der Waals surface area contributed by atoms with Crippen molar-refractivity contribution in [2.45, 2.75) is 18.1 Å². The second-order valence-electron chi connectivity index (χ2n) is 3.06. The fourth-order valence-corrected chi connectivity index (χ4v) is 3.33. The minimum absolute atomic E-state index is 0.169. The lowest BCUT2D eigenvalue weighted by Crippen LogP contribution is -2.33. The SMILES string of the molecule is O=C(C#CBr)NCC1CCCS1(=O)=O. The molecule has 4 nitrogen and oxygen atoms in total. The van der Waals surface area contributed by atoms with Crippen LogP contribution in [0, 0.1) is 10.8 Å². The average molecular weight is 280 g/mol. The normalized spacial score (nSPS) is 23.6. The highest BCUT2D eigenvalue weighted by molar-refractivity contribution is 9.12. The van der Waals surface area contributed by atoms with Crippen LogP contribution < -0.4 is 5.32 Å². The summed E-state index contributed by atoms with van der Waals surface area (Å²) >= 11 is 2.79. The van der Waals surface area contributed by atoms with Gasteiger partial charge in [-0.25, -0.2) is 8.42 Å². The molecule has 0 radical (unpaired) electrons. The van der Waals surface area contributed by atoms with E-state index < -0.39 is 21.0 Å². The van der Waals surface area contributed by atoms with Gasteiger partial charge in [-0.05, 0) is 17.7 Å². The quantitative estimate of drug-likeness (QED) is 0.726. The third kappa shape index (κ3) is 3.00. The number of sulfone groups is 1. The van der Waals surface area contributed by atoms with Crippen molar-refractivity contribution in [1.29, 1.82) is 0 Å². The molecular weight excluding hydrogens is 270 g/mol. The Labute approximate surface area is 91.5 Å². The summed E-state index contributed by atoms with van der Waals surface area (Å²) in [7, 11) is -2.97. The van der Waals surface area contributed by atoms with Crippen LogP contribution >= 0.6 is 15.9 Å². The van der Waals surface area contributed by atoms with Gasteiger partial charge >= 0.3 is 0 Å². The van der Waals surface area contributed by atoms with Crippen LogP contribution in [0.25, 0.3) is 0 Å². The van der Waals surface area contributed by atoms with E-state index in [1.54, 1.807) is 0 Å². The van der Waals surface area contributed by atoms with Crippen LogP contribution in [0.5, 0.6) is 0 Å². The molecule has 1 amide bonds. The van der Waals surface area contributed by atoms with Gasteiger partial charge in [0.2, 0.25) is 0 Å². The van der Waals surface area contributed by atoms with Crippen LogP contribution in [0.4, 0.5) is 0 Å². The highest BCUT2D eigenvalue weighted by Crippen LogP contribution is 2.18. The zero-order chi connectivity index (χ0) is 10.6. The molecule has 0 aromatic carbocycles. The summed E-state index contributed by atoms with van der Waals surface area (Å²) in [4.78, 5) is 13.2. The van der Waals surface area contributed by atoms with Crippen LogP contribution in [0.15, 0.2) is 0 Å². The Morgan fingerprint density at radius 2 is 2.29 bits per heavy atom. The van der Waals surface area contributed by atoms with E-state index in [0.29, 0.717) is 12.8 Å². The first kappa shape index (κ1) is 11.5. The Morgan fingerprint density at radius 3 is 2.79 bits per heavy atom. The van der Waals surface area contributed by atoms with Crippen LogP contribution in [-0.2, 0) is 14.6 Å². The van der Waals surface area contributed by atoms with E-state index in [2.05, 4.69) is 32.0 Å². The first-order valence-electron chi connectivity index (χ1n) is 4.17. The number of carbonyl (C=O) groups is 1. The number of hydrogen-bond donors (Lipinski definition) is 1. The zero-order valence-electron chi connectivity index (χ0n) is 7.42. The Hall–Kier alpha value is -0.540. The molecule has 1 rings (SSSR count). The Balaban J connectivity index is 2.45. The molecule has 14 heavy (non-hydrogen) atoms. The molecule has 1 saturated heterocycles. The molecule has 1 atom stereocenters. The molecule has 0 aromatic heterocycles. The predicted molar refractivity (Wildman–Crippen MR) is 56.5 cm³/mol. The van der Waals surface area contributed by atoms with Crippen molar-refractivity contribution >= 4 is 31.7 Å². The van der Waals surface area contributed by atoms with E-state index in [1.807, 2.05) is 0 Å². The molecule has 1 aliphatic rings. The highest BCUT2D eigenvalue weighted by atomic mass is 79.9. The number of rotatable bonds is 2. The van der Waals surface area contributed by atoms with Gasteiger partial charge in [-0.15, -0.1) is 0 Å². The number of amides is 1. The largest absolute Gasteiger partial charge is 0.344 e. The van der Waals surface area contributed by atoms with Gasteiger partial charge < -0.3 is 5.32 Å². The van der Waals surface area contributed by atoms with Gasteiger partial charge in [-0.2, -0.15) is 0 Å². The molecule has 1 unspecified atom stereocenters. The Bertz CT molecular complexity index is 379. The number of nitrogens with one attached hydrogen (secondary N) is 1. The van der Waals surface area contributed by atoms with Crippen LogP contribution in [0.1, 0.15) is 12.8 Å².